The molecule has 2 atom stereocenters. The number of carbonyl (C=O) groups is 1. The molecule has 4 heterocycles. The summed E-state index contributed by atoms with van der Waals surface area (Å²) in [6.07, 6.45) is 3.43. The molecule has 2 unspecified atom stereocenters. The van der Waals surface area contributed by atoms with Crippen LogP contribution in [0.25, 0.3) is 5.65 Å². The van der Waals surface area contributed by atoms with E-state index in [0.717, 1.165) is 17.1 Å². The van der Waals surface area contributed by atoms with E-state index < -0.39 is 5.41 Å². The van der Waals surface area contributed by atoms with Crippen LogP contribution in [0.1, 0.15) is 22.0 Å². The summed E-state index contributed by atoms with van der Waals surface area (Å²) in [7, 11) is 1.61. The van der Waals surface area contributed by atoms with Crippen molar-refractivity contribution in [2.45, 2.75) is 5.92 Å². The van der Waals surface area contributed by atoms with E-state index in [4.69, 9.17) is 9.47 Å². The van der Waals surface area contributed by atoms with Crippen LogP contribution in [0.3, 0.4) is 0 Å². The fourth-order valence-corrected chi connectivity index (χ4v) is 4.28. The Labute approximate surface area is 161 Å². The zero-order valence-corrected chi connectivity index (χ0v) is 15.4. The molecule has 0 aliphatic carbocycles. The Morgan fingerprint density at radius 1 is 1.43 bits per heavy atom. The smallest absolute Gasteiger partial charge is 0.274 e. The van der Waals surface area contributed by atoms with Crippen LogP contribution in [0.4, 0.5) is 0 Å². The van der Waals surface area contributed by atoms with Gasteiger partial charge in [-0.25, -0.2) is 9.50 Å². The van der Waals surface area contributed by atoms with Gasteiger partial charge in [0.2, 0.25) is 0 Å². The molecule has 1 fully saturated rings. The highest BCUT2D eigenvalue weighted by Crippen LogP contribution is 2.50. The Morgan fingerprint density at radius 2 is 2.32 bits per heavy atom. The van der Waals surface area contributed by atoms with E-state index in [9.17, 15) is 9.90 Å². The zero-order valence-electron chi connectivity index (χ0n) is 15.4. The van der Waals surface area contributed by atoms with Crippen LogP contribution in [0.2, 0.25) is 0 Å². The van der Waals surface area contributed by atoms with Gasteiger partial charge < -0.3 is 19.5 Å². The lowest BCUT2D eigenvalue weighted by Gasteiger charge is -2.37. The van der Waals surface area contributed by atoms with Crippen LogP contribution < -0.4 is 9.47 Å². The molecule has 8 heteroatoms. The molecule has 1 N–H and O–H groups in total. The predicted molar refractivity (Wildman–Crippen MR) is 99.6 cm³/mol. The zero-order chi connectivity index (χ0) is 19.3. The van der Waals surface area contributed by atoms with Crippen molar-refractivity contribution in [1.29, 1.82) is 0 Å². The molecular weight excluding hydrogens is 360 g/mol. The maximum atomic E-state index is 13.1. The number of nitrogens with zero attached hydrogens (tertiary/aromatic N) is 4. The summed E-state index contributed by atoms with van der Waals surface area (Å²) in [4.78, 5) is 19.1. The van der Waals surface area contributed by atoms with Crippen LogP contribution in [-0.4, -0.2) is 63.9 Å². The van der Waals surface area contributed by atoms with Gasteiger partial charge in [0.15, 0.2) is 11.3 Å². The topological polar surface area (TPSA) is 89.2 Å². The second-order valence-corrected chi connectivity index (χ2v) is 7.40. The van der Waals surface area contributed by atoms with E-state index in [0.29, 0.717) is 31.0 Å². The van der Waals surface area contributed by atoms with Crippen LogP contribution in [0.15, 0.2) is 42.7 Å². The molecular formula is C20H20N4O4. The molecule has 3 aromatic rings. The number of carbonyl (C=O) groups excluding carboxylic acids is 1. The van der Waals surface area contributed by atoms with Gasteiger partial charge in [-0.15, -0.1) is 0 Å². The van der Waals surface area contributed by atoms with Crippen molar-refractivity contribution < 1.29 is 19.4 Å². The second-order valence-electron chi connectivity index (χ2n) is 7.40. The highest BCUT2D eigenvalue weighted by Gasteiger charge is 2.52. The lowest BCUT2D eigenvalue weighted by molar-refractivity contribution is 0.0438. The Hall–Kier alpha value is -3.13. The average Bonchev–Trinajstić information content (AvgIpc) is 3.35. The quantitative estimate of drug-likeness (QED) is 0.738. The first kappa shape index (κ1) is 17.0. The Kier molecular flexibility index (Phi) is 3.77. The van der Waals surface area contributed by atoms with Gasteiger partial charge in [0, 0.05) is 49.1 Å². The van der Waals surface area contributed by atoms with E-state index in [1.807, 2.05) is 18.2 Å². The summed E-state index contributed by atoms with van der Waals surface area (Å²) in [6.45, 7) is 1.22. The van der Waals surface area contributed by atoms with Crippen molar-refractivity contribution in [3.63, 3.8) is 0 Å². The van der Waals surface area contributed by atoms with Crippen molar-refractivity contribution in [3.8, 4) is 11.5 Å². The fourth-order valence-electron chi connectivity index (χ4n) is 4.28. The third kappa shape index (κ3) is 2.45. The molecule has 144 valence electrons. The highest BCUT2D eigenvalue weighted by atomic mass is 16.5. The third-order valence-corrected chi connectivity index (χ3v) is 5.82. The Balaban J connectivity index is 1.48. The molecule has 2 aliphatic heterocycles. The first-order valence-electron chi connectivity index (χ1n) is 9.15. The van der Waals surface area contributed by atoms with Gasteiger partial charge in [-0.05, 0) is 12.1 Å². The van der Waals surface area contributed by atoms with E-state index in [-0.39, 0.29) is 18.4 Å². The van der Waals surface area contributed by atoms with Crippen molar-refractivity contribution in [2.75, 3.05) is 33.4 Å². The number of ether oxygens (including phenoxy) is 2. The standard InChI is InChI=1S/C20H20N4O4/c1-27-13-3-4-14-15-9-23(10-20(15,11-25)12-28-17(14)7-13)19(26)16-8-18-21-5-2-6-24(18)22-16/h2-8,15,25H,9-12H2,1H3. The van der Waals surface area contributed by atoms with Crippen molar-refractivity contribution in [1.82, 2.24) is 19.5 Å². The number of aliphatic hydroxyl groups excluding tert-OH is 1. The number of aliphatic hydroxyl groups is 1. The maximum absolute atomic E-state index is 13.1. The summed E-state index contributed by atoms with van der Waals surface area (Å²) in [6, 6.07) is 9.15. The van der Waals surface area contributed by atoms with E-state index in [1.165, 1.54) is 0 Å². The molecule has 0 bridgehead atoms. The summed E-state index contributed by atoms with van der Waals surface area (Å²) in [5, 5.41) is 14.5. The van der Waals surface area contributed by atoms with Gasteiger partial charge in [0.25, 0.3) is 5.91 Å². The molecule has 1 saturated heterocycles. The van der Waals surface area contributed by atoms with Gasteiger partial charge in [-0.3, -0.25) is 4.79 Å². The number of methoxy groups -OCH3 is 1. The largest absolute Gasteiger partial charge is 0.497 e. The van der Waals surface area contributed by atoms with Crippen molar-refractivity contribution in [3.05, 3.63) is 54.0 Å². The van der Waals surface area contributed by atoms with Crippen LogP contribution in [0, 0.1) is 5.41 Å². The second kappa shape index (κ2) is 6.20. The van der Waals surface area contributed by atoms with E-state index in [1.54, 1.807) is 41.1 Å². The SMILES string of the molecule is COc1ccc2c(c1)OCC1(CO)CN(C(=O)c3cc4ncccn4n3)CC21. The summed E-state index contributed by atoms with van der Waals surface area (Å²) in [5.41, 5.74) is 1.45. The molecule has 0 radical (unpaired) electrons. The minimum atomic E-state index is -0.519. The number of likely N-dealkylation sites (tertiary alicyclic amines) is 1. The summed E-state index contributed by atoms with van der Waals surface area (Å²) in [5.74, 6) is 1.30. The number of hydrogen-bond donors (Lipinski definition) is 1. The summed E-state index contributed by atoms with van der Waals surface area (Å²) < 4.78 is 12.8. The fraction of sp³-hybridized carbons (Fsp3) is 0.350. The first-order chi connectivity index (χ1) is 13.6. The Bertz CT molecular complexity index is 1030. The molecule has 8 nitrogen and oxygen atoms in total. The van der Waals surface area contributed by atoms with Crippen molar-refractivity contribution in [2.24, 2.45) is 5.41 Å². The normalized spacial score (nSPS) is 23.2. The van der Waals surface area contributed by atoms with Gasteiger partial charge in [0.05, 0.1) is 25.7 Å². The molecule has 0 spiro atoms. The number of amides is 1. The maximum Gasteiger partial charge on any atom is 0.274 e. The van der Waals surface area contributed by atoms with Gasteiger partial charge in [0.1, 0.15) is 11.5 Å². The Morgan fingerprint density at radius 3 is 3.11 bits per heavy atom. The minimum Gasteiger partial charge on any atom is -0.497 e. The van der Waals surface area contributed by atoms with Gasteiger partial charge >= 0.3 is 0 Å². The monoisotopic (exact) mass is 380 g/mol. The number of rotatable bonds is 3. The molecule has 1 aromatic carbocycles. The van der Waals surface area contributed by atoms with E-state index >= 15 is 0 Å². The highest BCUT2D eigenvalue weighted by molar-refractivity contribution is 5.93. The molecule has 1 amide bonds. The van der Waals surface area contributed by atoms with Crippen molar-refractivity contribution >= 4 is 11.6 Å². The third-order valence-electron chi connectivity index (χ3n) is 5.82. The molecule has 2 aromatic heterocycles. The average molecular weight is 380 g/mol. The molecule has 28 heavy (non-hydrogen) atoms. The van der Waals surface area contributed by atoms with Crippen LogP contribution in [0.5, 0.6) is 11.5 Å². The van der Waals surface area contributed by atoms with Crippen LogP contribution in [-0.2, 0) is 0 Å². The predicted octanol–water partition coefficient (Wildman–Crippen LogP) is 1.35. The lowest BCUT2D eigenvalue weighted by Crippen LogP contribution is -2.42. The molecule has 5 rings (SSSR count). The minimum absolute atomic E-state index is 0.00809. The van der Waals surface area contributed by atoms with Gasteiger partial charge in [-0.2, -0.15) is 5.10 Å². The molecule has 2 aliphatic rings. The van der Waals surface area contributed by atoms with E-state index in [2.05, 4.69) is 10.1 Å². The van der Waals surface area contributed by atoms with Gasteiger partial charge in [-0.1, -0.05) is 6.07 Å². The number of hydrogen-bond acceptors (Lipinski definition) is 6. The number of benzene rings is 1. The van der Waals surface area contributed by atoms with Crippen LogP contribution >= 0.6 is 0 Å². The number of fused-ring (bicyclic) bond motifs is 4. The first-order valence-corrected chi connectivity index (χ1v) is 9.15. The summed E-state index contributed by atoms with van der Waals surface area (Å²) >= 11 is 0. The lowest BCUT2D eigenvalue weighted by atomic mass is 9.74. The molecule has 0 saturated carbocycles. The number of aromatic nitrogens is 3.